The van der Waals surface area contributed by atoms with Gasteiger partial charge >= 0.3 is 44.8 Å². The van der Waals surface area contributed by atoms with Gasteiger partial charge in [0.1, 0.15) is 95.9 Å². The van der Waals surface area contributed by atoms with E-state index in [1.807, 2.05) is 0 Å². The number of aliphatic hydroxyl groups excluding tert-OH is 4. The van der Waals surface area contributed by atoms with Crippen LogP contribution in [-0.4, -0.2) is 230 Å². The summed E-state index contributed by atoms with van der Waals surface area (Å²) in [7, 11) is -28.1. The Morgan fingerprint density at radius 3 is 1.61 bits per heavy atom. The molecule has 50 nitrogen and oxygen atoms in total. The summed E-state index contributed by atoms with van der Waals surface area (Å²) in [6.07, 6.45) is -16.9. The van der Waals surface area contributed by atoms with Crippen LogP contribution in [0.15, 0.2) is 47.6 Å². The van der Waals surface area contributed by atoms with E-state index in [2.05, 4.69) is 63.4 Å². The first kappa shape index (κ1) is 68.4. The van der Waals surface area contributed by atoms with Crippen molar-refractivity contribution in [1.29, 1.82) is 0 Å². The average Bonchev–Trinajstić information content (AvgIpc) is 1.56. The van der Waals surface area contributed by atoms with E-state index in [9.17, 15) is 77.3 Å². The molecule has 8 aromatic heterocycles. The third-order valence-corrected chi connectivity index (χ3v) is 22.5. The summed E-state index contributed by atoms with van der Waals surface area (Å²) in [6, 6.07) is 0. The molecule has 4 bridgehead atoms. The highest BCUT2D eigenvalue weighted by Gasteiger charge is 2.68. The number of hydrogen-bond donors (Lipinski definition) is 15. The molecule has 14 rings (SSSR count). The van der Waals surface area contributed by atoms with Crippen molar-refractivity contribution < 1.29 is 136 Å². The van der Waals surface area contributed by atoms with E-state index >= 15 is 0 Å². The van der Waals surface area contributed by atoms with Crippen molar-refractivity contribution in [3.63, 3.8) is 0 Å². The molecule has 6 aliphatic heterocycles. The molecule has 6 aliphatic rings. The van der Waals surface area contributed by atoms with Gasteiger partial charge in [-0.3, -0.25) is 65.0 Å². The van der Waals surface area contributed by atoms with Crippen molar-refractivity contribution in [2.24, 2.45) is 7.05 Å². The van der Waals surface area contributed by atoms with Gasteiger partial charge in [0.2, 0.25) is 17.7 Å². The van der Waals surface area contributed by atoms with Crippen LogP contribution in [-0.2, 0) is 94.1 Å². The van der Waals surface area contributed by atoms with E-state index in [0.717, 1.165) is 34.4 Å². The first-order valence-corrected chi connectivity index (χ1v) is 35.6. The van der Waals surface area contributed by atoms with Crippen molar-refractivity contribution in [2.45, 2.75) is 97.2 Å². The molecule has 0 amide bonds. The van der Waals surface area contributed by atoms with Gasteiger partial charge < -0.3 is 96.2 Å². The number of nitrogens with one attached hydrogen (secondary N) is 2. The lowest BCUT2D eigenvalue weighted by molar-refractivity contribution is -0.745. The highest BCUT2D eigenvalue weighted by atomic mass is 31.3. The van der Waals surface area contributed by atoms with Crippen LogP contribution in [0.5, 0.6) is 0 Å². The van der Waals surface area contributed by atoms with Gasteiger partial charge in [0, 0.05) is 0 Å². The molecule has 55 heteroatoms. The van der Waals surface area contributed by atoms with Gasteiger partial charge in [-0.1, -0.05) is 4.98 Å². The normalized spacial score (nSPS) is 33.1. The molecule has 0 aliphatic carbocycles. The molecule has 0 saturated carbocycles. The van der Waals surface area contributed by atoms with E-state index < -0.39 is 187 Å². The van der Waals surface area contributed by atoms with Gasteiger partial charge in [0.15, 0.2) is 59.1 Å². The molecule has 98 heavy (non-hydrogen) atoms. The van der Waals surface area contributed by atoms with Crippen molar-refractivity contribution in [2.75, 3.05) is 62.6 Å². The number of anilines is 4. The fourth-order valence-electron chi connectivity index (χ4n) is 12.0. The summed E-state index contributed by atoms with van der Waals surface area (Å²) >= 11 is 0. The molecule has 9 unspecified atom stereocenters. The zero-order valence-electron chi connectivity index (χ0n) is 49.2. The number of nitrogen functional groups attached to an aromatic ring is 4. The number of phosphoric acid groups is 5. The van der Waals surface area contributed by atoms with Crippen molar-refractivity contribution in [3.05, 3.63) is 58.7 Å². The number of fused-ring (bicyclic) bond motifs is 8. The van der Waals surface area contributed by atoms with Crippen molar-refractivity contribution >= 4 is 107 Å². The van der Waals surface area contributed by atoms with E-state index in [1.165, 1.54) is 33.4 Å². The lowest BCUT2D eigenvalue weighted by Crippen LogP contribution is -2.47. The first-order valence-electron chi connectivity index (χ1n) is 28.1. The largest absolute Gasteiger partial charge is 0.490 e. The van der Waals surface area contributed by atoms with Gasteiger partial charge in [0.25, 0.3) is 17.1 Å². The minimum atomic E-state index is -6.31. The van der Waals surface area contributed by atoms with Crippen molar-refractivity contribution in [3.8, 4) is 0 Å². The minimum Gasteiger partial charge on any atom is -0.387 e. The molecular weight excluding hydrogens is 1430 g/mol. The number of phosphoric ester groups is 4. The highest BCUT2D eigenvalue weighted by Crippen LogP contribution is 2.69. The Hall–Kier alpha value is -6.77. The number of hydrogen-bond acceptors (Lipinski definition) is 38. The van der Waals surface area contributed by atoms with Gasteiger partial charge in [-0.05, 0) is 0 Å². The minimum absolute atomic E-state index is 0.00602. The number of aryl methyl sites for hydroxylation is 1. The molecule has 0 spiro atoms. The summed E-state index contributed by atoms with van der Waals surface area (Å²) in [5.41, 5.74) is 16.9. The predicted octanol–water partition coefficient (Wildman–Crippen LogP) is -5.37. The fourth-order valence-corrected chi connectivity index (χ4v) is 17.6. The van der Waals surface area contributed by atoms with Gasteiger partial charge in [-0.15, -0.1) is 0 Å². The second-order valence-electron chi connectivity index (χ2n) is 22.7. The monoisotopic (exact) mass is 1490 g/mol. The topological polar surface area (TPSA) is 706 Å². The van der Waals surface area contributed by atoms with E-state index in [0.29, 0.717) is 0 Å². The second-order valence-corrected chi connectivity index (χ2v) is 30.1. The Bertz CT molecular complexity index is 4870. The zero-order chi connectivity index (χ0) is 69.7. The van der Waals surface area contributed by atoms with Crippen LogP contribution in [0.1, 0.15) is 24.9 Å². The van der Waals surface area contributed by atoms with Crippen LogP contribution in [0.2, 0.25) is 0 Å². The van der Waals surface area contributed by atoms with Crippen LogP contribution in [0.25, 0.3) is 44.7 Å². The van der Waals surface area contributed by atoms with Crippen LogP contribution in [0.4, 0.5) is 23.5 Å². The van der Waals surface area contributed by atoms with Gasteiger partial charge in [0.05, 0.1) is 65.7 Å². The molecule has 0 radical (unpaired) electrons. The average molecular weight is 1490 g/mol. The quantitative estimate of drug-likeness (QED) is 0.0198. The molecule has 14 heterocycles. The number of ether oxygens (including phenoxy) is 6. The SMILES string of the molecule is Cn1c[n+]([C@@H]2O[C@H](COP(=O)(O)OP(=O)(O)OP(=O)(O)OC[C@@]34COC([C@H](n5cnc6c(N)ncnc65)O3)[C@H]4OP(=O)(O)OC[C@@]34COC([C@H](n5cnc6c(N)ncnc65)O3)[C@H]4OP(=O)(O)OC[C@H]3O[C@@H](n4cnc5c(=O)[nH]c(N)nc54)C(O)[C@H]3O)[C@H](O)C2O)c2nc(N)[nH]c(=O)c21. The molecule has 8 aromatic rings. The maximum absolute atomic E-state index is 14.6. The van der Waals surface area contributed by atoms with Crippen LogP contribution in [0, 0.1) is 0 Å². The Balaban J connectivity index is 0.674. The predicted molar refractivity (Wildman–Crippen MR) is 310 cm³/mol. The lowest BCUT2D eigenvalue weighted by atomic mass is 10.0. The summed E-state index contributed by atoms with van der Waals surface area (Å²) in [5.74, 6) is -0.862. The van der Waals surface area contributed by atoms with Crippen LogP contribution >= 0.6 is 39.1 Å². The number of imidazole rings is 4. The number of aliphatic hydroxyl groups is 4. The molecule has 6 saturated heterocycles. The Morgan fingerprint density at radius 1 is 0.571 bits per heavy atom. The third kappa shape index (κ3) is 12.2. The van der Waals surface area contributed by atoms with E-state index in [-0.39, 0.29) is 68.2 Å². The summed E-state index contributed by atoms with van der Waals surface area (Å²) in [6.45, 7) is -6.10. The fraction of sp³-hybridized carbons (Fsp3) is 0.535. The summed E-state index contributed by atoms with van der Waals surface area (Å²) < 4.78 is 151. The van der Waals surface area contributed by atoms with Gasteiger partial charge in [-0.25, -0.2) is 62.3 Å². The van der Waals surface area contributed by atoms with Gasteiger partial charge in [-0.2, -0.15) is 13.6 Å². The zero-order valence-corrected chi connectivity index (χ0v) is 53.7. The molecule has 530 valence electrons. The number of rotatable bonds is 24. The maximum atomic E-state index is 14.6. The molecule has 21 atom stereocenters. The smallest absolute Gasteiger partial charge is 0.387 e. The first-order chi connectivity index (χ1) is 46.1. The van der Waals surface area contributed by atoms with E-state index in [1.54, 1.807) is 0 Å². The Kier molecular flexibility index (Phi) is 17.1. The standard InChI is InChI=1S/C43H53N20O30P5/c1-59-13-63(33-19(59)35(69)58-41(47)56-33)37-23(67)21(65)15(87-37)3-83-96(74,75)92-98(78,79)93-97(76,77)85-7-43-5-81-25(39(89-43)61-11-53-17-29(45)49-9-51-31(17)61)27(43)91-95(72,73)84-6-42-4-80-24(38(88-42)60-10-52-16-28(44)48-8-50-30(16)60)26(42)90-94(70,71)82-2-14-20(64)22(66)36(86-14)62-12-54-18-32(62)55-40(46)57-34(18)68/h8-15,20-27,36-39,64-67H,2-7H2,1H3,(H14-,44,45,46,47,48,49,50,51,55,56,57,58,68,69,70,71,72,73,74,75,76,77,78,79)/p+1/t14-,15-,20+,21+,22?,23?,24?,25?,26-,27-,36-,37-,38-,39-,42-,43-/m1/s1. The van der Waals surface area contributed by atoms with E-state index in [4.69, 9.17) is 78.5 Å². The molecule has 0 aromatic carbocycles. The molecule has 19 N–H and O–H groups in total. The van der Waals surface area contributed by atoms with Crippen LogP contribution < -0.4 is 38.6 Å². The maximum Gasteiger partial charge on any atom is 0.490 e. The molecule has 6 fully saturated rings. The number of H-pyrrole nitrogens is 2. The Labute approximate surface area is 540 Å². The number of aromatic amines is 2. The number of nitrogens with two attached hydrogens (primary N) is 4. The van der Waals surface area contributed by atoms with Crippen LogP contribution in [0.3, 0.4) is 0 Å². The summed E-state index contributed by atoms with van der Waals surface area (Å²) in [5, 5.41) is 43.8. The summed E-state index contributed by atoms with van der Waals surface area (Å²) in [4.78, 5) is 121. The second kappa shape index (κ2) is 24.5. The number of nitrogens with zero attached hydrogens (tertiary/aromatic N) is 14. The Morgan fingerprint density at radius 2 is 1.04 bits per heavy atom. The third-order valence-electron chi connectivity index (χ3n) is 16.4. The molecular formula is C43H54N20O30P5+. The lowest BCUT2D eigenvalue weighted by Gasteiger charge is -2.33. The number of aromatic nitrogens is 16. The highest BCUT2D eigenvalue weighted by molar-refractivity contribution is 7.66. The van der Waals surface area contributed by atoms with Crippen molar-refractivity contribution in [1.82, 2.24) is 73.1 Å².